The first-order chi connectivity index (χ1) is 18.6. The van der Waals surface area contributed by atoms with Gasteiger partial charge in [0.05, 0.1) is 24.2 Å². The Morgan fingerprint density at radius 3 is 2.74 bits per heavy atom. The zero-order valence-corrected chi connectivity index (χ0v) is 21.3. The van der Waals surface area contributed by atoms with Gasteiger partial charge in [0.1, 0.15) is 28.6 Å². The zero-order chi connectivity index (χ0) is 26.1. The number of fused-ring (bicyclic) bond motifs is 1. The molecule has 0 atom stereocenters. The van der Waals surface area contributed by atoms with Crippen molar-refractivity contribution < 1.29 is 4.42 Å². The van der Waals surface area contributed by atoms with Crippen LogP contribution in [0.25, 0.3) is 28.4 Å². The summed E-state index contributed by atoms with van der Waals surface area (Å²) in [5.41, 5.74) is 12.8. The third-order valence-electron chi connectivity index (χ3n) is 7.25. The summed E-state index contributed by atoms with van der Waals surface area (Å²) in [5, 5.41) is 3.58. The molecule has 3 N–H and O–H groups in total. The van der Waals surface area contributed by atoms with E-state index in [0.29, 0.717) is 17.8 Å². The zero-order valence-electron chi connectivity index (χ0n) is 21.3. The number of imidazole rings is 1. The second kappa shape index (κ2) is 10.1. The highest BCUT2D eigenvalue weighted by Gasteiger charge is 2.34. The SMILES string of the molecule is C=C/C(=C\c1nc(-c2ccccc2)ccc1C)c1nc(C2CC(NCc3ccco3)C2)n2ccnc(N)c12. The number of nitrogen functional groups attached to an aromatic ring is 1. The third-order valence-corrected chi connectivity index (χ3v) is 7.25. The Hall–Kier alpha value is -4.49. The van der Waals surface area contributed by atoms with Crippen LogP contribution in [0.5, 0.6) is 0 Å². The molecule has 0 amide bonds. The van der Waals surface area contributed by atoms with Gasteiger partial charge in [0.25, 0.3) is 0 Å². The highest BCUT2D eigenvalue weighted by atomic mass is 16.3. The van der Waals surface area contributed by atoms with E-state index in [-0.39, 0.29) is 0 Å². The first kappa shape index (κ1) is 23.9. The summed E-state index contributed by atoms with van der Waals surface area (Å²) in [6.07, 6.45) is 11.2. The molecule has 1 aliphatic rings. The number of hydrogen-bond donors (Lipinski definition) is 2. The lowest BCUT2D eigenvalue weighted by atomic mass is 9.79. The van der Waals surface area contributed by atoms with Crippen LogP contribution in [0.2, 0.25) is 0 Å². The highest BCUT2D eigenvalue weighted by molar-refractivity contribution is 5.94. The van der Waals surface area contributed by atoms with E-state index in [1.54, 1.807) is 12.5 Å². The molecule has 6 rings (SSSR count). The quantitative estimate of drug-likeness (QED) is 0.251. The summed E-state index contributed by atoms with van der Waals surface area (Å²) in [4.78, 5) is 14.5. The smallest absolute Gasteiger partial charge is 0.150 e. The van der Waals surface area contributed by atoms with E-state index in [9.17, 15) is 0 Å². The normalized spacial score (nSPS) is 17.4. The van der Waals surface area contributed by atoms with Crippen molar-refractivity contribution >= 4 is 23.0 Å². The van der Waals surface area contributed by atoms with Crippen molar-refractivity contribution in [1.29, 1.82) is 0 Å². The van der Waals surface area contributed by atoms with Gasteiger partial charge in [-0.05, 0) is 49.6 Å². The van der Waals surface area contributed by atoms with Crippen LogP contribution in [0.15, 0.2) is 90.3 Å². The summed E-state index contributed by atoms with van der Waals surface area (Å²) < 4.78 is 7.53. The highest BCUT2D eigenvalue weighted by Crippen LogP contribution is 2.39. The molecule has 0 radical (unpaired) electrons. The summed E-state index contributed by atoms with van der Waals surface area (Å²) >= 11 is 0. The van der Waals surface area contributed by atoms with Gasteiger partial charge in [0, 0.05) is 35.5 Å². The van der Waals surface area contributed by atoms with Gasteiger partial charge in [-0.1, -0.05) is 49.1 Å². The minimum absolute atomic E-state index is 0.319. The molecule has 5 aromatic rings. The maximum atomic E-state index is 6.40. The van der Waals surface area contributed by atoms with Crippen molar-refractivity contribution in [3.63, 3.8) is 0 Å². The van der Waals surface area contributed by atoms with Crippen LogP contribution in [-0.2, 0) is 6.54 Å². The number of hydrogen-bond acceptors (Lipinski definition) is 6. The number of pyridine rings is 1. The monoisotopic (exact) mass is 502 g/mol. The maximum absolute atomic E-state index is 6.40. The number of rotatable bonds is 8. The van der Waals surface area contributed by atoms with Crippen molar-refractivity contribution in [1.82, 2.24) is 24.7 Å². The second-order valence-electron chi connectivity index (χ2n) is 9.74. The number of furan rings is 1. The Kier molecular flexibility index (Phi) is 6.35. The van der Waals surface area contributed by atoms with Crippen molar-refractivity contribution in [3.05, 3.63) is 114 Å². The molecule has 1 aromatic carbocycles. The lowest BCUT2D eigenvalue weighted by Gasteiger charge is -2.35. The first-order valence-corrected chi connectivity index (χ1v) is 12.9. The lowest BCUT2D eigenvalue weighted by Crippen LogP contribution is -2.40. The molecule has 0 bridgehead atoms. The molecular weight excluding hydrogens is 472 g/mol. The van der Waals surface area contributed by atoms with Gasteiger partial charge >= 0.3 is 0 Å². The van der Waals surface area contributed by atoms with Crippen molar-refractivity contribution in [2.45, 2.75) is 38.3 Å². The molecule has 4 heterocycles. The number of benzene rings is 1. The first-order valence-electron chi connectivity index (χ1n) is 12.9. The van der Waals surface area contributed by atoms with Gasteiger partial charge in [-0.2, -0.15) is 0 Å². The van der Waals surface area contributed by atoms with Crippen LogP contribution in [0.3, 0.4) is 0 Å². The Bertz CT molecular complexity index is 1610. The molecule has 4 aromatic heterocycles. The molecule has 38 heavy (non-hydrogen) atoms. The fraction of sp³-hybridized carbons (Fsp3) is 0.194. The number of aryl methyl sites for hydroxylation is 1. The molecule has 1 aliphatic carbocycles. The summed E-state index contributed by atoms with van der Waals surface area (Å²) in [7, 11) is 0. The van der Waals surface area contributed by atoms with Crippen LogP contribution in [0.4, 0.5) is 5.82 Å². The van der Waals surface area contributed by atoms with E-state index in [0.717, 1.165) is 70.3 Å². The molecule has 0 spiro atoms. The molecule has 7 nitrogen and oxygen atoms in total. The molecular formula is C31H30N6O. The second-order valence-corrected chi connectivity index (χ2v) is 9.74. The number of nitrogens with one attached hydrogen (secondary N) is 1. The topological polar surface area (TPSA) is 94.3 Å². The largest absolute Gasteiger partial charge is 0.468 e. The summed E-state index contributed by atoms with van der Waals surface area (Å²) in [6, 6.07) is 18.6. The van der Waals surface area contributed by atoms with Crippen LogP contribution >= 0.6 is 0 Å². The van der Waals surface area contributed by atoms with Crippen LogP contribution in [0.1, 0.15) is 47.3 Å². The number of anilines is 1. The van der Waals surface area contributed by atoms with E-state index >= 15 is 0 Å². The Morgan fingerprint density at radius 1 is 1.13 bits per heavy atom. The standard InChI is InChI=1S/C31H30N6O/c1-3-21(18-27-20(2)11-12-26(35-27)22-8-5-4-6-9-22)28-29-30(32)33-13-14-37(29)31(36-28)23-16-24(17-23)34-19-25-10-7-15-38-25/h3-15,18,23-24,34H,1,16-17,19H2,2H3,(H2,32,33)/b21-18+. The Morgan fingerprint density at radius 2 is 1.97 bits per heavy atom. The number of nitrogens with zero attached hydrogens (tertiary/aromatic N) is 4. The fourth-order valence-corrected chi connectivity index (χ4v) is 5.06. The van der Waals surface area contributed by atoms with E-state index in [2.05, 4.69) is 52.5 Å². The Balaban J connectivity index is 1.33. The van der Waals surface area contributed by atoms with E-state index < -0.39 is 0 Å². The van der Waals surface area contributed by atoms with Gasteiger partial charge < -0.3 is 15.5 Å². The molecule has 190 valence electrons. The minimum atomic E-state index is 0.319. The van der Waals surface area contributed by atoms with Crippen molar-refractivity contribution in [3.8, 4) is 11.3 Å². The predicted octanol–water partition coefficient (Wildman–Crippen LogP) is 6.04. The van der Waals surface area contributed by atoms with E-state index in [4.69, 9.17) is 20.1 Å². The lowest BCUT2D eigenvalue weighted by molar-refractivity contribution is 0.272. The predicted molar refractivity (Wildman–Crippen MR) is 151 cm³/mol. The summed E-state index contributed by atoms with van der Waals surface area (Å²) in [5.74, 6) is 2.71. The van der Waals surface area contributed by atoms with E-state index in [1.165, 1.54) is 0 Å². The average Bonchev–Trinajstić information content (AvgIpc) is 3.57. The van der Waals surface area contributed by atoms with Gasteiger partial charge in [0.15, 0.2) is 0 Å². The van der Waals surface area contributed by atoms with Crippen LogP contribution < -0.4 is 11.1 Å². The van der Waals surface area contributed by atoms with Crippen molar-refractivity contribution in [2.75, 3.05) is 5.73 Å². The molecule has 7 heteroatoms. The molecule has 1 fully saturated rings. The number of allylic oxidation sites excluding steroid dienone is 2. The number of aromatic nitrogens is 4. The fourth-order valence-electron chi connectivity index (χ4n) is 5.06. The van der Waals surface area contributed by atoms with Gasteiger partial charge in [0.2, 0.25) is 0 Å². The van der Waals surface area contributed by atoms with Crippen LogP contribution in [-0.4, -0.2) is 25.4 Å². The van der Waals surface area contributed by atoms with Gasteiger partial charge in [-0.25, -0.2) is 15.0 Å². The van der Waals surface area contributed by atoms with Gasteiger partial charge in [-0.3, -0.25) is 4.40 Å². The molecule has 0 aliphatic heterocycles. The molecule has 0 saturated heterocycles. The Labute approximate surface area is 221 Å². The minimum Gasteiger partial charge on any atom is -0.468 e. The van der Waals surface area contributed by atoms with Crippen LogP contribution in [0, 0.1) is 6.92 Å². The molecule has 1 saturated carbocycles. The number of nitrogens with two attached hydrogens (primary N) is 1. The summed E-state index contributed by atoms with van der Waals surface area (Å²) in [6.45, 7) is 6.89. The van der Waals surface area contributed by atoms with E-state index in [1.807, 2.05) is 48.7 Å². The third kappa shape index (κ3) is 4.53. The van der Waals surface area contributed by atoms with Gasteiger partial charge in [-0.15, -0.1) is 0 Å². The molecule has 0 unspecified atom stereocenters. The maximum Gasteiger partial charge on any atom is 0.150 e. The average molecular weight is 503 g/mol. The van der Waals surface area contributed by atoms with Crippen molar-refractivity contribution in [2.24, 2.45) is 0 Å².